The number of carbonyl (C=O) groups excluding carboxylic acids is 1. The van der Waals surface area contributed by atoms with E-state index in [1.54, 1.807) is 0 Å². The Hall–Kier alpha value is -1.53. The first-order valence-electron chi connectivity index (χ1n) is 6.58. The minimum atomic E-state index is -0.797. The lowest BCUT2D eigenvalue weighted by Gasteiger charge is -2.32. The molecule has 2 rings (SSSR count). The average Bonchev–Trinajstić information content (AvgIpc) is 2.56. The summed E-state index contributed by atoms with van der Waals surface area (Å²) in [6.45, 7) is 8.09. The molecule has 2 N–H and O–H groups in total. The Kier molecular flexibility index (Phi) is 3.80. The first-order chi connectivity index (χ1) is 9.23. The van der Waals surface area contributed by atoms with Gasteiger partial charge in [0, 0.05) is 0 Å². The third kappa shape index (κ3) is 2.81. The third-order valence-electron chi connectivity index (χ3n) is 3.93. The largest absolute Gasteiger partial charge is 0.495 e. The molecule has 5 nitrogen and oxygen atoms in total. The van der Waals surface area contributed by atoms with Crippen molar-refractivity contribution in [1.82, 2.24) is 0 Å². The average molecular weight is 277 g/mol. The van der Waals surface area contributed by atoms with Gasteiger partial charge >= 0.3 is 13.2 Å². The van der Waals surface area contributed by atoms with Gasteiger partial charge in [0.25, 0.3) is 0 Å². The maximum atomic E-state index is 10.7. The lowest BCUT2D eigenvalue weighted by atomic mass is 9.76. The van der Waals surface area contributed by atoms with Crippen molar-refractivity contribution in [1.29, 1.82) is 0 Å². The molecule has 1 aliphatic rings. The number of carbonyl (C=O) groups is 1. The van der Waals surface area contributed by atoms with Gasteiger partial charge in [-0.2, -0.15) is 0 Å². The van der Waals surface area contributed by atoms with E-state index in [4.69, 9.17) is 19.8 Å². The topological polar surface area (TPSA) is 70.8 Å². The Morgan fingerprint density at radius 2 is 1.75 bits per heavy atom. The smallest absolute Gasteiger partial charge is 0.445 e. The number of rotatable bonds is 3. The molecule has 6 heteroatoms. The molecular weight excluding hydrogens is 257 g/mol. The van der Waals surface area contributed by atoms with Crippen molar-refractivity contribution >= 4 is 18.7 Å². The fourth-order valence-corrected chi connectivity index (χ4v) is 2.01. The summed E-state index contributed by atoms with van der Waals surface area (Å²) in [7, 11) is -0.479. The fraction of sp³-hybridized carbons (Fsp3) is 0.500. The normalized spacial score (nSPS) is 19.9. The molecule has 1 aromatic rings. The molecule has 20 heavy (non-hydrogen) atoms. The van der Waals surface area contributed by atoms with Gasteiger partial charge in [0.15, 0.2) is 0 Å². The second-order valence-corrected chi connectivity index (χ2v) is 5.89. The number of hydrogen-bond donors (Lipinski definition) is 1. The van der Waals surface area contributed by atoms with Crippen molar-refractivity contribution in [2.24, 2.45) is 5.73 Å². The molecule has 108 valence electrons. The van der Waals surface area contributed by atoms with Crippen LogP contribution in [0.25, 0.3) is 0 Å². The monoisotopic (exact) mass is 277 g/mol. The molecule has 0 radical (unpaired) electrons. The summed E-state index contributed by atoms with van der Waals surface area (Å²) in [5, 5.41) is 0. The quantitative estimate of drug-likeness (QED) is 0.851. The summed E-state index contributed by atoms with van der Waals surface area (Å²) in [6, 6.07) is 7.54. The van der Waals surface area contributed by atoms with Crippen molar-refractivity contribution in [3.63, 3.8) is 0 Å². The van der Waals surface area contributed by atoms with Crippen LogP contribution in [-0.4, -0.2) is 24.4 Å². The second kappa shape index (κ2) is 5.11. The van der Waals surface area contributed by atoms with E-state index in [2.05, 4.69) is 0 Å². The highest BCUT2D eigenvalue weighted by molar-refractivity contribution is 6.62. The molecule has 0 bridgehead atoms. The van der Waals surface area contributed by atoms with Crippen LogP contribution in [0, 0.1) is 0 Å². The molecule has 0 saturated carbocycles. The number of primary amides is 1. The third-order valence-corrected chi connectivity index (χ3v) is 3.93. The SMILES string of the molecule is CC1(C)OB(c2ccccc2COC(N)=O)OC1(C)C. The molecule has 1 amide bonds. The van der Waals surface area contributed by atoms with E-state index in [9.17, 15) is 4.79 Å². The van der Waals surface area contributed by atoms with E-state index in [1.165, 1.54) is 0 Å². The first-order valence-corrected chi connectivity index (χ1v) is 6.58. The standard InChI is InChI=1S/C14H20BNO4/c1-13(2)14(3,4)20-15(19-13)11-8-6-5-7-10(11)9-18-12(16)17/h5-8H,9H2,1-4H3,(H2,16,17). The molecule has 0 aliphatic carbocycles. The molecule has 0 atom stereocenters. The van der Waals surface area contributed by atoms with Gasteiger partial charge in [-0.05, 0) is 38.7 Å². The van der Waals surface area contributed by atoms with Crippen molar-refractivity contribution in [2.75, 3.05) is 0 Å². The van der Waals surface area contributed by atoms with Crippen molar-refractivity contribution in [2.45, 2.75) is 45.5 Å². The Labute approximate surface area is 119 Å². The fourth-order valence-electron chi connectivity index (χ4n) is 2.01. The predicted octanol–water partition coefficient (Wildman–Crippen LogP) is 1.58. The van der Waals surface area contributed by atoms with Crippen LogP contribution in [0.5, 0.6) is 0 Å². The molecule has 1 fully saturated rings. The minimum absolute atomic E-state index is 0.107. The van der Waals surface area contributed by atoms with Gasteiger partial charge in [-0.25, -0.2) is 4.79 Å². The van der Waals surface area contributed by atoms with Crippen LogP contribution in [-0.2, 0) is 20.7 Å². The van der Waals surface area contributed by atoms with Gasteiger partial charge in [0.1, 0.15) is 6.61 Å². The predicted molar refractivity (Wildman–Crippen MR) is 76.5 cm³/mol. The number of ether oxygens (including phenoxy) is 1. The number of nitrogens with two attached hydrogens (primary N) is 1. The van der Waals surface area contributed by atoms with Gasteiger partial charge in [-0.15, -0.1) is 0 Å². The zero-order valence-corrected chi connectivity index (χ0v) is 12.3. The second-order valence-electron chi connectivity index (χ2n) is 5.89. The molecule has 1 heterocycles. The maximum Gasteiger partial charge on any atom is 0.495 e. The highest BCUT2D eigenvalue weighted by Gasteiger charge is 2.52. The zero-order chi connectivity index (χ0) is 15.0. The summed E-state index contributed by atoms with van der Waals surface area (Å²) < 4.78 is 16.9. The molecule has 1 saturated heterocycles. The lowest BCUT2D eigenvalue weighted by molar-refractivity contribution is 0.00578. The Bertz CT molecular complexity index is 500. The molecule has 0 spiro atoms. The Morgan fingerprint density at radius 3 is 2.30 bits per heavy atom. The van der Waals surface area contributed by atoms with Gasteiger partial charge in [0.05, 0.1) is 11.2 Å². The highest BCUT2D eigenvalue weighted by Crippen LogP contribution is 2.36. The van der Waals surface area contributed by atoms with E-state index in [1.807, 2.05) is 52.0 Å². The van der Waals surface area contributed by atoms with Crippen molar-refractivity contribution in [3.05, 3.63) is 29.8 Å². The van der Waals surface area contributed by atoms with Gasteiger partial charge in [0.2, 0.25) is 0 Å². The zero-order valence-electron chi connectivity index (χ0n) is 12.3. The van der Waals surface area contributed by atoms with E-state index in [-0.39, 0.29) is 6.61 Å². The first kappa shape index (κ1) is 14.9. The maximum absolute atomic E-state index is 10.7. The van der Waals surface area contributed by atoms with Crippen molar-refractivity contribution < 1.29 is 18.8 Å². The summed E-state index contributed by atoms with van der Waals surface area (Å²) in [6.07, 6.45) is -0.797. The van der Waals surface area contributed by atoms with Crippen LogP contribution in [0.1, 0.15) is 33.3 Å². The van der Waals surface area contributed by atoms with Crippen LogP contribution in [0.3, 0.4) is 0 Å². The highest BCUT2D eigenvalue weighted by atomic mass is 16.7. The van der Waals surface area contributed by atoms with Gasteiger partial charge in [-0.1, -0.05) is 24.3 Å². The van der Waals surface area contributed by atoms with Crippen LogP contribution in [0.15, 0.2) is 24.3 Å². The molecule has 0 unspecified atom stereocenters. The summed E-state index contributed by atoms with van der Waals surface area (Å²) >= 11 is 0. The van der Waals surface area contributed by atoms with E-state index >= 15 is 0 Å². The van der Waals surface area contributed by atoms with Crippen molar-refractivity contribution in [3.8, 4) is 0 Å². The van der Waals surface area contributed by atoms with Gasteiger partial charge < -0.3 is 19.8 Å². The van der Waals surface area contributed by atoms with E-state index in [0.29, 0.717) is 0 Å². The number of amides is 1. The van der Waals surface area contributed by atoms with E-state index in [0.717, 1.165) is 11.0 Å². The lowest BCUT2D eigenvalue weighted by Crippen LogP contribution is -2.41. The van der Waals surface area contributed by atoms with Crippen LogP contribution >= 0.6 is 0 Å². The minimum Gasteiger partial charge on any atom is -0.445 e. The molecule has 1 aromatic carbocycles. The Balaban J connectivity index is 2.24. The summed E-state index contributed by atoms with van der Waals surface area (Å²) in [5.74, 6) is 0. The summed E-state index contributed by atoms with van der Waals surface area (Å²) in [4.78, 5) is 10.7. The number of hydrogen-bond acceptors (Lipinski definition) is 4. The van der Waals surface area contributed by atoms with E-state index < -0.39 is 24.4 Å². The summed E-state index contributed by atoms with van der Waals surface area (Å²) in [5.41, 5.74) is 5.87. The number of benzene rings is 1. The Morgan fingerprint density at radius 1 is 1.20 bits per heavy atom. The van der Waals surface area contributed by atoms with Gasteiger partial charge in [-0.3, -0.25) is 0 Å². The molecular formula is C14H20BNO4. The van der Waals surface area contributed by atoms with Crippen LogP contribution in [0.2, 0.25) is 0 Å². The molecule has 1 aliphatic heterocycles. The van der Waals surface area contributed by atoms with Crippen LogP contribution < -0.4 is 11.2 Å². The van der Waals surface area contributed by atoms with Crippen LogP contribution in [0.4, 0.5) is 4.79 Å². The molecule has 0 aromatic heterocycles.